The van der Waals surface area contributed by atoms with E-state index in [4.69, 9.17) is 4.74 Å². The Hall–Kier alpha value is -1.83. The number of pyridine rings is 1. The molecule has 2 fully saturated rings. The fourth-order valence-electron chi connectivity index (χ4n) is 3.75. The predicted octanol–water partition coefficient (Wildman–Crippen LogP) is 1.72. The number of fused-ring (bicyclic) bond motifs is 1. The van der Waals surface area contributed by atoms with Gasteiger partial charge in [-0.15, -0.1) is 11.3 Å². The second kappa shape index (κ2) is 7.19. The highest BCUT2D eigenvalue weighted by Crippen LogP contribution is 2.34. The molecule has 0 radical (unpaired) electrons. The first-order chi connectivity index (χ1) is 12.2. The van der Waals surface area contributed by atoms with Crippen molar-refractivity contribution in [2.75, 3.05) is 26.2 Å². The molecule has 0 aromatic carbocycles. The summed E-state index contributed by atoms with van der Waals surface area (Å²) < 4.78 is 5.98. The van der Waals surface area contributed by atoms with Crippen LogP contribution in [0.25, 0.3) is 0 Å². The molecule has 4 heterocycles. The van der Waals surface area contributed by atoms with Gasteiger partial charge in [-0.25, -0.2) is 4.98 Å². The quantitative estimate of drug-likeness (QED) is 0.882. The van der Waals surface area contributed by atoms with Crippen molar-refractivity contribution in [1.82, 2.24) is 20.2 Å². The molecule has 25 heavy (non-hydrogen) atoms. The minimum atomic E-state index is -0.0654. The first-order valence-electron chi connectivity index (χ1n) is 8.62. The Morgan fingerprint density at radius 2 is 2.40 bits per heavy atom. The number of aryl methyl sites for hydroxylation is 1. The van der Waals surface area contributed by atoms with Gasteiger partial charge in [0.1, 0.15) is 0 Å². The highest BCUT2D eigenvalue weighted by Gasteiger charge is 2.43. The Balaban J connectivity index is 1.30. The van der Waals surface area contributed by atoms with Crippen LogP contribution in [0.3, 0.4) is 0 Å². The van der Waals surface area contributed by atoms with Crippen molar-refractivity contribution in [3.8, 4) is 0 Å². The zero-order valence-electron chi connectivity index (χ0n) is 14.2. The predicted molar refractivity (Wildman–Crippen MR) is 95.4 cm³/mol. The van der Waals surface area contributed by atoms with Crippen LogP contribution >= 0.6 is 11.3 Å². The fraction of sp³-hybridized carbons (Fsp3) is 0.500. The molecule has 2 aromatic heterocycles. The molecule has 2 aliphatic rings. The summed E-state index contributed by atoms with van der Waals surface area (Å²) in [5, 5.41) is 6.28. The molecular weight excluding hydrogens is 336 g/mol. The topological polar surface area (TPSA) is 67.4 Å². The monoisotopic (exact) mass is 358 g/mol. The standard InChI is InChI=1S/C18H22N4O2S/c1-12-21-15(11-25-12)7-22-8-16-14(10-24-17(16)9-22)6-20-18(23)13-3-2-4-19-5-13/h2-5,11,14,16-17H,6-10H2,1H3,(H,20,23)/t14-,16+,17+/m1/s1. The number of hydrogen-bond acceptors (Lipinski definition) is 6. The number of likely N-dealkylation sites (tertiary alicyclic amines) is 1. The molecule has 2 saturated heterocycles. The van der Waals surface area contributed by atoms with Crippen molar-refractivity contribution in [3.63, 3.8) is 0 Å². The summed E-state index contributed by atoms with van der Waals surface area (Å²) in [6, 6.07) is 3.56. The average molecular weight is 358 g/mol. The average Bonchev–Trinajstić information content (AvgIpc) is 3.30. The van der Waals surface area contributed by atoms with Gasteiger partial charge in [0.25, 0.3) is 5.91 Å². The number of nitrogens with zero attached hydrogens (tertiary/aromatic N) is 3. The number of carbonyl (C=O) groups is 1. The molecule has 2 aliphatic heterocycles. The van der Waals surface area contributed by atoms with E-state index in [2.05, 4.69) is 25.6 Å². The van der Waals surface area contributed by atoms with Gasteiger partial charge in [-0.2, -0.15) is 0 Å². The summed E-state index contributed by atoms with van der Waals surface area (Å²) in [5.41, 5.74) is 1.74. The normalized spacial score (nSPS) is 25.9. The molecule has 0 unspecified atom stereocenters. The summed E-state index contributed by atoms with van der Waals surface area (Å²) >= 11 is 1.70. The zero-order valence-corrected chi connectivity index (χ0v) is 15.0. The molecular formula is C18H22N4O2S. The van der Waals surface area contributed by atoms with E-state index in [1.54, 1.807) is 35.9 Å². The second-order valence-electron chi connectivity index (χ2n) is 6.80. The molecule has 4 rings (SSSR count). The second-order valence-corrected chi connectivity index (χ2v) is 7.86. The van der Waals surface area contributed by atoms with Gasteiger partial charge in [-0.05, 0) is 19.1 Å². The Bertz CT molecular complexity index is 736. The minimum Gasteiger partial charge on any atom is -0.376 e. The van der Waals surface area contributed by atoms with Gasteiger partial charge in [0.2, 0.25) is 0 Å². The van der Waals surface area contributed by atoms with Crippen molar-refractivity contribution >= 4 is 17.2 Å². The Labute approximate surface area is 151 Å². The van der Waals surface area contributed by atoms with Crippen LogP contribution in [0.15, 0.2) is 29.9 Å². The lowest BCUT2D eigenvalue weighted by Crippen LogP contribution is -2.34. The van der Waals surface area contributed by atoms with Crippen LogP contribution in [-0.4, -0.2) is 53.1 Å². The van der Waals surface area contributed by atoms with Gasteiger partial charge < -0.3 is 10.1 Å². The van der Waals surface area contributed by atoms with Crippen molar-refractivity contribution < 1.29 is 9.53 Å². The molecule has 132 valence electrons. The maximum absolute atomic E-state index is 12.2. The lowest BCUT2D eigenvalue weighted by molar-refractivity contribution is 0.0903. The van der Waals surface area contributed by atoms with E-state index >= 15 is 0 Å². The summed E-state index contributed by atoms with van der Waals surface area (Å²) in [6.45, 7) is 6.26. The number of amides is 1. The van der Waals surface area contributed by atoms with E-state index < -0.39 is 0 Å². The Morgan fingerprint density at radius 1 is 1.48 bits per heavy atom. The van der Waals surface area contributed by atoms with Crippen molar-refractivity contribution in [1.29, 1.82) is 0 Å². The third kappa shape index (κ3) is 3.73. The number of thiazole rings is 1. The molecule has 2 aromatic rings. The summed E-state index contributed by atoms with van der Waals surface area (Å²) in [7, 11) is 0. The number of rotatable bonds is 5. The Morgan fingerprint density at radius 3 is 3.16 bits per heavy atom. The van der Waals surface area contributed by atoms with Gasteiger partial charge >= 0.3 is 0 Å². The van der Waals surface area contributed by atoms with Crippen LogP contribution in [0, 0.1) is 18.8 Å². The number of nitrogens with one attached hydrogen (secondary N) is 1. The van der Waals surface area contributed by atoms with Gasteiger partial charge in [-0.1, -0.05) is 0 Å². The summed E-state index contributed by atoms with van der Waals surface area (Å²) in [5.74, 6) is 0.783. The maximum atomic E-state index is 12.2. The van der Waals surface area contributed by atoms with Crippen molar-refractivity contribution in [2.45, 2.75) is 19.6 Å². The lowest BCUT2D eigenvalue weighted by atomic mass is 9.93. The fourth-order valence-corrected chi connectivity index (χ4v) is 4.36. The molecule has 6 nitrogen and oxygen atoms in total. The Kier molecular flexibility index (Phi) is 4.78. The largest absolute Gasteiger partial charge is 0.376 e. The molecule has 0 saturated carbocycles. The molecule has 3 atom stereocenters. The van der Waals surface area contributed by atoms with Gasteiger partial charge in [0.05, 0.1) is 29.0 Å². The number of ether oxygens (including phenoxy) is 1. The van der Waals surface area contributed by atoms with E-state index in [1.165, 1.54) is 0 Å². The molecule has 0 spiro atoms. The number of carbonyl (C=O) groups excluding carboxylic acids is 1. The van der Waals surface area contributed by atoms with E-state index in [-0.39, 0.29) is 12.0 Å². The summed E-state index contributed by atoms with van der Waals surface area (Å²) in [6.07, 6.45) is 3.54. The number of aromatic nitrogens is 2. The highest BCUT2D eigenvalue weighted by molar-refractivity contribution is 7.09. The third-order valence-electron chi connectivity index (χ3n) is 5.02. The van der Waals surface area contributed by atoms with Crippen LogP contribution in [0.2, 0.25) is 0 Å². The smallest absolute Gasteiger partial charge is 0.252 e. The highest BCUT2D eigenvalue weighted by atomic mass is 32.1. The first-order valence-corrected chi connectivity index (χ1v) is 9.50. The van der Waals surface area contributed by atoms with Crippen LogP contribution in [0.5, 0.6) is 0 Å². The third-order valence-corrected chi connectivity index (χ3v) is 5.84. The van der Waals surface area contributed by atoms with E-state index in [0.717, 1.165) is 36.9 Å². The molecule has 7 heteroatoms. The van der Waals surface area contributed by atoms with Gasteiger partial charge in [0.15, 0.2) is 0 Å². The van der Waals surface area contributed by atoms with E-state index in [0.29, 0.717) is 23.9 Å². The van der Waals surface area contributed by atoms with E-state index in [9.17, 15) is 4.79 Å². The first kappa shape index (κ1) is 16.6. The van der Waals surface area contributed by atoms with Crippen molar-refractivity contribution in [3.05, 3.63) is 46.2 Å². The SMILES string of the molecule is Cc1nc(CN2C[C@H]3[C@H](CNC(=O)c4cccnc4)CO[C@H]3C2)cs1. The molecule has 0 aliphatic carbocycles. The zero-order chi connectivity index (χ0) is 17.2. The maximum Gasteiger partial charge on any atom is 0.252 e. The van der Waals surface area contributed by atoms with Crippen LogP contribution < -0.4 is 5.32 Å². The lowest BCUT2D eigenvalue weighted by Gasteiger charge is -2.19. The minimum absolute atomic E-state index is 0.0654. The van der Waals surface area contributed by atoms with E-state index in [1.807, 2.05) is 6.92 Å². The molecule has 1 amide bonds. The molecule has 1 N–H and O–H groups in total. The van der Waals surface area contributed by atoms with Crippen LogP contribution in [0.4, 0.5) is 0 Å². The summed E-state index contributed by atoms with van der Waals surface area (Å²) in [4.78, 5) is 23.2. The van der Waals surface area contributed by atoms with Crippen molar-refractivity contribution in [2.24, 2.45) is 11.8 Å². The van der Waals surface area contributed by atoms with Gasteiger partial charge in [0, 0.05) is 55.8 Å². The van der Waals surface area contributed by atoms with Crippen LogP contribution in [0.1, 0.15) is 21.1 Å². The van der Waals surface area contributed by atoms with Crippen LogP contribution in [-0.2, 0) is 11.3 Å². The van der Waals surface area contributed by atoms with Gasteiger partial charge in [-0.3, -0.25) is 14.7 Å². The molecule has 0 bridgehead atoms. The number of hydrogen-bond donors (Lipinski definition) is 1.